The van der Waals surface area contributed by atoms with Gasteiger partial charge in [-0.1, -0.05) is 24.6 Å². The van der Waals surface area contributed by atoms with Gasteiger partial charge in [0.25, 0.3) is 0 Å². The molecule has 0 bridgehead atoms. The molecule has 0 unspecified atom stereocenters. The Morgan fingerprint density at radius 3 is 2.78 bits per heavy atom. The monoisotopic (exact) mass is 241 g/mol. The molecule has 1 aromatic heterocycles. The molecule has 94 valence electrons. The Hall–Kier alpha value is -1.74. The predicted molar refractivity (Wildman–Crippen MR) is 74.3 cm³/mol. The molecular formula is C15H19N3. The van der Waals surface area contributed by atoms with E-state index < -0.39 is 0 Å². The quantitative estimate of drug-likeness (QED) is 0.894. The number of benzene rings is 1. The summed E-state index contributed by atoms with van der Waals surface area (Å²) < 4.78 is 0. The molecule has 0 aliphatic carbocycles. The molecule has 1 aromatic carbocycles. The highest BCUT2D eigenvalue weighted by Crippen LogP contribution is 2.22. The predicted octanol–water partition coefficient (Wildman–Crippen LogP) is 2.87. The van der Waals surface area contributed by atoms with Crippen LogP contribution in [0.5, 0.6) is 0 Å². The van der Waals surface area contributed by atoms with Gasteiger partial charge in [-0.05, 0) is 38.1 Å². The van der Waals surface area contributed by atoms with Crippen molar-refractivity contribution in [3.63, 3.8) is 0 Å². The third kappa shape index (κ3) is 2.93. The second-order valence-corrected chi connectivity index (χ2v) is 4.46. The maximum Gasteiger partial charge on any atom is 0.142 e. The fourth-order valence-electron chi connectivity index (χ4n) is 1.88. The van der Waals surface area contributed by atoms with E-state index in [0.717, 1.165) is 24.6 Å². The molecule has 0 saturated heterocycles. The number of hydrogen-bond donors (Lipinski definition) is 1. The summed E-state index contributed by atoms with van der Waals surface area (Å²) in [7, 11) is 0. The summed E-state index contributed by atoms with van der Waals surface area (Å²) >= 11 is 0. The number of hydrogen-bond acceptors (Lipinski definition) is 3. The highest BCUT2D eigenvalue weighted by Gasteiger charge is 2.05. The average Bonchev–Trinajstić information content (AvgIpc) is 2.39. The molecule has 0 atom stereocenters. The first kappa shape index (κ1) is 12.7. The molecule has 2 rings (SSSR count). The first-order valence-corrected chi connectivity index (χ1v) is 6.31. The zero-order chi connectivity index (χ0) is 13.0. The molecule has 3 heteroatoms. The number of nitrogens with zero attached hydrogens (tertiary/aromatic N) is 2. The summed E-state index contributed by atoms with van der Waals surface area (Å²) in [5.74, 6) is 0.843. The lowest BCUT2D eigenvalue weighted by molar-refractivity contribution is 0.691. The highest BCUT2D eigenvalue weighted by atomic mass is 15.0. The SMILES string of the molecule is CCNCc1nccc(-c2cc(C)ccc2C)n1. The molecule has 0 spiro atoms. The number of aryl methyl sites for hydroxylation is 2. The third-order valence-corrected chi connectivity index (χ3v) is 2.91. The number of rotatable bonds is 4. The van der Waals surface area contributed by atoms with Crippen molar-refractivity contribution in [2.75, 3.05) is 6.54 Å². The molecular weight excluding hydrogens is 222 g/mol. The summed E-state index contributed by atoms with van der Waals surface area (Å²) in [5, 5.41) is 3.24. The lowest BCUT2D eigenvalue weighted by Gasteiger charge is -2.08. The van der Waals surface area contributed by atoms with Crippen molar-refractivity contribution in [2.45, 2.75) is 27.3 Å². The van der Waals surface area contributed by atoms with Crippen LogP contribution in [0.1, 0.15) is 23.9 Å². The lowest BCUT2D eigenvalue weighted by Crippen LogP contribution is -2.14. The maximum absolute atomic E-state index is 4.61. The first-order valence-electron chi connectivity index (χ1n) is 6.31. The molecule has 0 aliphatic rings. The second kappa shape index (κ2) is 5.74. The normalized spacial score (nSPS) is 10.6. The Morgan fingerprint density at radius 1 is 1.17 bits per heavy atom. The minimum absolute atomic E-state index is 0.717. The number of aromatic nitrogens is 2. The molecule has 0 amide bonds. The Labute approximate surface area is 108 Å². The minimum atomic E-state index is 0.717. The molecule has 2 aromatic rings. The molecule has 0 radical (unpaired) electrons. The van der Waals surface area contributed by atoms with Gasteiger partial charge in [-0.15, -0.1) is 0 Å². The van der Waals surface area contributed by atoms with Crippen molar-refractivity contribution in [3.05, 3.63) is 47.4 Å². The van der Waals surface area contributed by atoms with E-state index in [1.807, 2.05) is 12.3 Å². The van der Waals surface area contributed by atoms with Crippen molar-refractivity contribution in [3.8, 4) is 11.3 Å². The van der Waals surface area contributed by atoms with E-state index in [-0.39, 0.29) is 0 Å². The van der Waals surface area contributed by atoms with E-state index in [4.69, 9.17) is 0 Å². The van der Waals surface area contributed by atoms with Crippen LogP contribution in [-0.4, -0.2) is 16.5 Å². The van der Waals surface area contributed by atoms with Gasteiger partial charge in [-0.3, -0.25) is 0 Å². The van der Waals surface area contributed by atoms with Gasteiger partial charge in [-0.2, -0.15) is 0 Å². The van der Waals surface area contributed by atoms with Crippen molar-refractivity contribution in [1.82, 2.24) is 15.3 Å². The summed E-state index contributed by atoms with van der Waals surface area (Å²) in [5.41, 5.74) is 4.69. The Morgan fingerprint density at radius 2 is 2.00 bits per heavy atom. The topological polar surface area (TPSA) is 37.8 Å². The van der Waals surface area contributed by atoms with Crippen LogP contribution in [0.25, 0.3) is 11.3 Å². The first-order chi connectivity index (χ1) is 8.70. The van der Waals surface area contributed by atoms with Gasteiger partial charge >= 0.3 is 0 Å². The third-order valence-electron chi connectivity index (χ3n) is 2.91. The van der Waals surface area contributed by atoms with Crippen molar-refractivity contribution in [2.24, 2.45) is 0 Å². The molecule has 18 heavy (non-hydrogen) atoms. The van der Waals surface area contributed by atoms with Crippen molar-refractivity contribution >= 4 is 0 Å². The smallest absolute Gasteiger partial charge is 0.142 e. The van der Waals surface area contributed by atoms with E-state index in [0.29, 0.717) is 0 Å². The zero-order valence-corrected chi connectivity index (χ0v) is 11.2. The fraction of sp³-hybridized carbons (Fsp3) is 0.333. The van der Waals surface area contributed by atoms with Crippen LogP contribution >= 0.6 is 0 Å². The molecule has 1 N–H and O–H groups in total. The van der Waals surface area contributed by atoms with Gasteiger partial charge in [0.05, 0.1) is 12.2 Å². The Kier molecular flexibility index (Phi) is 4.05. The van der Waals surface area contributed by atoms with Gasteiger partial charge in [-0.25, -0.2) is 9.97 Å². The number of nitrogens with one attached hydrogen (secondary N) is 1. The Bertz CT molecular complexity index is 535. The van der Waals surface area contributed by atoms with Crippen LogP contribution < -0.4 is 5.32 Å². The van der Waals surface area contributed by atoms with Crippen molar-refractivity contribution in [1.29, 1.82) is 0 Å². The minimum Gasteiger partial charge on any atom is -0.310 e. The molecule has 0 aliphatic heterocycles. The summed E-state index contributed by atoms with van der Waals surface area (Å²) in [6.45, 7) is 7.94. The average molecular weight is 241 g/mol. The fourth-order valence-corrected chi connectivity index (χ4v) is 1.88. The van der Waals surface area contributed by atoms with E-state index >= 15 is 0 Å². The van der Waals surface area contributed by atoms with Gasteiger partial charge in [0.1, 0.15) is 5.82 Å². The summed E-state index contributed by atoms with van der Waals surface area (Å²) in [6.07, 6.45) is 1.83. The molecule has 3 nitrogen and oxygen atoms in total. The van der Waals surface area contributed by atoms with Crippen LogP contribution in [0.2, 0.25) is 0 Å². The largest absolute Gasteiger partial charge is 0.310 e. The highest BCUT2D eigenvalue weighted by molar-refractivity contribution is 5.63. The molecule has 0 saturated carbocycles. The summed E-state index contributed by atoms with van der Waals surface area (Å²) in [4.78, 5) is 8.89. The van der Waals surface area contributed by atoms with Crippen LogP contribution in [0.3, 0.4) is 0 Å². The van der Waals surface area contributed by atoms with E-state index in [1.54, 1.807) is 0 Å². The molecule has 1 heterocycles. The second-order valence-electron chi connectivity index (χ2n) is 4.46. The summed E-state index contributed by atoms with van der Waals surface area (Å²) in [6, 6.07) is 8.40. The van der Waals surface area contributed by atoms with Crippen LogP contribution in [0.15, 0.2) is 30.5 Å². The zero-order valence-electron chi connectivity index (χ0n) is 11.2. The van der Waals surface area contributed by atoms with Gasteiger partial charge in [0, 0.05) is 11.8 Å². The van der Waals surface area contributed by atoms with Gasteiger partial charge in [0.2, 0.25) is 0 Å². The van der Waals surface area contributed by atoms with Crippen LogP contribution in [-0.2, 0) is 6.54 Å². The van der Waals surface area contributed by atoms with Crippen LogP contribution in [0, 0.1) is 13.8 Å². The van der Waals surface area contributed by atoms with Crippen LogP contribution in [0.4, 0.5) is 0 Å². The van der Waals surface area contributed by atoms with E-state index in [2.05, 4.69) is 54.3 Å². The lowest BCUT2D eigenvalue weighted by atomic mass is 10.0. The van der Waals surface area contributed by atoms with Gasteiger partial charge < -0.3 is 5.32 Å². The van der Waals surface area contributed by atoms with E-state index in [1.165, 1.54) is 16.7 Å². The molecule has 0 fully saturated rings. The maximum atomic E-state index is 4.61. The van der Waals surface area contributed by atoms with Crippen molar-refractivity contribution < 1.29 is 0 Å². The van der Waals surface area contributed by atoms with E-state index in [9.17, 15) is 0 Å². The Balaban J connectivity index is 2.35. The standard InChI is InChI=1S/C15H19N3/c1-4-16-10-15-17-8-7-14(18-15)13-9-11(2)5-6-12(13)3/h5-9,16H,4,10H2,1-3H3. The van der Waals surface area contributed by atoms with Gasteiger partial charge in [0.15, 0.2) is 0 Å².